The minimum absolute atomic E-state index is 0.00531. The van der Waals surface area contributed by atoms with Crippen molar-refractivity contribution in [3.05, 3.63) is 59.1 Å². The van der Waals surface area contributed by atoms with Crippen LogP contribution in [0.4, 0.5) is 5.69 Å². The Hall–Kier alpha value is -2.09. The Labute approximate surface area is 157 Å². The van der Waals surface area contributed by atoms with Gasteiger partial charge in [-0.05, 0) is 36.8 Å². The van der Waals surface area contributed by atoms with E-state index in [2.05, 4.69) is 10.0 Å². The van der Waals surface area contributed by atoms with Gasteiger partial charge in [-0.15, -0.1) is 0 Å². The molecule has 1 aliphatic heterocycles. The Morgan fingerprint density at radius 3 is 2.73 bits per heavy atom. The van der Waals surface area contributed by atoms with E-state index in [1.807, 2.05) is 0 Å². The van der Waals surface area contributed by atoms with E-state index < -0.39 is 10.0 Å². The molecule has 1 unspecified atom stereocenters. The fourth-order valence-electron chi connectivity index (χ4n) is 2.64. The minimum Gasteiger partial charge on any atom is -0.381 e. The first-order valence-corrected chi connectivity index (χ1v) is 10.1. The van der Waals surface area contributed by atoms with Crippen LogP contribution in [-0.4, -0.2) is 34.1 Å². The molecule has 0 saturated carbocycles. The summed E-state index contributed by atoms with van der Waals surface area (Å²) < 4.78 is 32.9. The first kappa shape index (κ1) is 18.7. The largest absolute Gasteiger partial charge is 0.381 e. The highest BCUT2D eigenvalue weighted by Crippen LogP contribution is 2.24. The van der Waals surface area contributed by atoms with Gasteiger partial charge in [-0.1, -0.05) is 29.8 Å². The topological polar surface area (TPSA) is 84.5 Å². The molecule has 1 amide bonds. The second-order valence-corrected chi connectivity index (χ2v) is 8.14. The number of para-hydroxylation sites is 1. The number of amides is 1. The maximum Gasteiger partial charge on any atom is 0.261 e. The maximum atomic E-state index is 12.6. The number of carbonyl (C=O) groups is 1. The molecule has 2 aromatic carbocycles. The summed E-state index contributed by atoms with van der Waals surface area (Å²) in [6.07, 6.45) is 0.913. The monoisotopic (exact) mass is 394 g/mol. The molecular weight excluding hydrogens is 376 g/mol. The number of carbonyl (C=O) groups excluding carboxylic acids is 1. The van der Waals surface area contributed by atoms with Crippen molar-refractivity contribution in [1.82, 2.24) is 5.32 Å². The Balaban J connectivity index is 1.73. The molecular formula is C18H19ClN2O4S. The van der Waals surface area contributed by atoms with Gasteiger partial charge >= 0.3 is 0 Å². The van der Waals surface area contributed by atoms with Crippen LogP contribution in [0.5, 0.6) is 0 Å². The predicted octanol–water partition coefficient (Wildman–Crippen LogP) is 2.91. The number of rotatable bonds is 6. The van der Waals surface area contributed by atoms with Crippen LogP contribution in [0.3, 0.4) is 0 Å². The van der Waals surface area contributed by atoms with Crippen molar-refractivity contribution in [1.29, 1.82) is 0 Å². The van der Waals surface area contributed by atoms with Gasteiger partial charge in [-0.25, -0.2) is 8.42 Å². The predicted molar refractivity (Wildman–Crippen MR) is 100.0 cm³/mol. The third kappa shape index (κ3) is 4.55. The smallest absolute Gasteiger partial charge is 0.261 e. The normalized spacial score (nSPS) is 17.0. The van der Waals surface area contributed by atoms with Crippen molar-refractivity contribution in [2.45, 2.75) is 11.3 Å². The van der Waals surface area contributed by atoms with Crippen LogP contribution in [0, 0.1) is 5.92 Å². The lowest BCUT2D eigenvalue weighted by atomic mass is 10.1. The third-order valence-electron chi connectivity index (χ3n) is 4.10. The Morgan fingerprint density at radius 2 is 2.00 bits per heavy atom. The summed E-state index contributed by atoms with van der Waals surface area (Å²) in [5.74, 6) is -0.0144. The van der Waals surface area contributed by atoms with E-state index >= 15 is 0 Å². The van der Waals surface area contributed by atoms with Crippen molar-refractivity contribution < 1.29 is 17.9 Å². The summed E-state index contributed by atoms with van der Waals surface area (Å²) in [5, 5.41) is 3.12. The van der Waals surface area contributed by atoms with Gasteiger partial charge in [-0.3, -0.25) is 9.52 Å². The van der Waals surface area contributed by atoms with E-state index in [1.165, 1.54) is 18.2 Å². The van der Waals surface area contributed by atoms with Crippen LogP contribution >= 0.6 is 11.6 Å². The van der Waals surface area contributed by atoms with Crippen LogP contribution in [0.2, 0.25) is 5.02 Å². The lowest BCUT2D eigenvalue weighted by Crippen LogP contribution is -2.29. The van der Waals surface area contributed by atoms with E-state index in [9.17, 15) is 13.2 Å². The molecule has 0 spiro atoms. The van der Waals surface area contributed by atoms with Gasteiger partial charge in [0, 0.05) is 24.6 Å². The van der Waals surface area contributed by atoms with Crippen LogP contribution in [0.1, 0.15) is 16.8 Å². The van der Waals surface area contributed by atoms with Gasteiger partial charge in [-0.2, -0.15) is 0 Å². The standard InChI is InChI=1S/C18H19ClN2O4S/c19-16-6-1-2-7-17(16)21-26(23,24)15-5-3-4-14(10-15)18(22)20-11-13-8-9-25-12-13/h1-7,10,13,21H,8-9,11-12H2,(H,20,22). The molecule has 1 fully saturated rings. The number of ether oxygens (including phenoxy) is 1. The average molecular weight is 395 g/mol. The Kier molecular flexibility index (Phi) is 5.80. The van der Waals surface area contributed by atoms with Crippen LogP contribution in [0.25, 0.3) is 0 Å². The molecule has 138 valence electrons. The Bertz CT molecular complexity index is 896. The van der Waals surface area contributed by atoms with Gasteiger partial charge in [0.15, 0.2) is 0 Å². The van der Waals surface area contributed by atoms with Gasteiger partial charge in [0.2, 0.25) is 0 Å². The van der Waals surface area contributed by atoms with Gasteiger partial charge < -0.3 is 10.1 Å². The molecule has 3 rings (SSSR count). The number of benzene rings is 2. The molecule has 1 aliphatic rings. The number of hydrogen-bond acceptors (Lipinski definition) is 4. The molecule has 1 heterocycles. The zero-order valence-corrected chi connectivity index (χ0v) is 15.5. The number of nitrogens with one attached hydrogen (secondary N) is 2. The summed E-state index contributed by atoms with van der Waals surface area (Å²) in [7, 11) is -3.86. The van der Waals surface area contributed by atoms with Gasteiger partial charge in [0.1, 0.15) is 0 Å². The Morgan fingerprint density at radius 1 is 1.19 bits per heavy atom. The molecule has 1 atom stereocenters. The highest BCUT2D eigenvalue weighted by atomic mass is 35.5. The summed E-state index contributed by atoms with van der Waals surface area (Å²) >= 11 is 6.00. The molecule has 6 nitrogen and oxygen atoms in total. The second-order valence-electron chi connectivity index (χ2n) is 6.05. The lowest BCUT2D eigenvalue weighted by Gasteiger charge is -2.12. The number of sulfonamides is 1. The summed E-state index contributed by atoms with van der Waals surface area (Å²) in [6.45, 7) is 1.85. The average Bonchev–Trinajstić information content (AvgIpc) is 3.15. The summed E-state index contributed by atoms with van der Waals surface area (Å²) in [4.78, 5) is 12.3. The molecule has 0 bridgehead atoms. The van der Waals surface area contributed by atoms with E-state index in [0.717, 1.165) is 6.42 Å². The van der Waals surface area contributed by atoms with E-state index in [-0.39, 0.29) is 22.1 Å². The lowest BCUT2D eigenvalue weighted by molar-refractivity contribution is 0.0945. The summed E-state index contributed by atoms with van der Waals surface area (Å²) in [5.41, 5.74) is 0.566. The number of anilines is 1. The second kappa shape index (κ2) is 8.07. The zero-order chi connectivity index (χ0) is 18.6. The fourth-order valence-corrected chi connectivity index (χ4v) is 4.00. The molecule has 2 aromatic rings. The first-order valence-electron chi connectivity index (χ1n) is 8.19. The van der Waals surface area contributed by atoms with E-state index in [4.69, 9.17) is 16.3 Å². The van der Waals surface area contributed by atoms with E-state index in [0.29, 0.717) is 30.7 Å². The molecule has 2 N–H and O–H groups in total. The van der Waals surface area contributed by atoms with Crippen LogP contribution in [-0.2, 0) is 14.8 Å². The first-order chi connectivity index (χ1) is 12.5. The molecule has 26 heavy (non-hydrogen) atoms. The van der Waals surface area contributed by atoms with E-state index in [1.54, 1.807) is 30.3 Å². The molecule has 0 radical (unpaired) electrons. The van der Waals surface area contributed by atoms with Crippen molar-refractivity contribution in [3.8, 4) is 0 Å². The minimum atomic E-state index is -3.86. The summed E-state index contributed by atoms with van der Waals surface area (Å²) in [6, 6.07) is 12.4. The SMILES string of the molecule is O=C(NCC1CCOC1)c1cccc(S(=O)(=O)Nc2ccccc2Cl)c1. The third-order valence-corrected chi connectivity index (χ3v) is 5.79. The van der Waals surface area contributed by atoms with Crippen molar-refractivity contribution in [2.75, 3.05) is 24.5 Å². The van der Waals surface area contributed by atoms with Crippen LogP contribution in [0.15, 0.2) is 53.4 Å². The van der Waals surface area contributed by atoms with Crippen LogP contribution < -0.4 is 10.0 Å². The molecule has 8 heteroatoms. The molecule has 1 saturated heterocycles. The fraction of sp³-hybridized carbons (Fsp3) is 0.278. The molecule has 0 aromatic heterocycles. The molecule has 0 aliphatic carbocycles. The quantitative estimate of drug-likeness (QED) is 0.788. The zero-order valence-electron chi connectivity index (χ0n) is 13.9. The van der Waals surface area contributed by atoms with Crippen molar-refractivity contribution in [2.24, 2.45) is 5.92 Å². The van der Waals surface area contributed by atoms with Gasteiger partial charge in [0.25, 0.3) is 15.9 Å². The number of hydrogen-bond donors (Lipinski definition) is 2. The maximum absolute atomic E-state index is 12.6. The number of halogens is 1. The highest BCUT2D eigenvalue weighted by molar-refractivity contribution is 7.92. The highest BCUT2D eigenvalue weighted by Gasteiger charge is 2.19. The van der Waals surface area contributed by atoms with Crippen molar-refractivity contribution >= 4 is 33.2 Å². The van der Waals surface area contributed by atoms with Crippen molar-refractivity contribution in [3.63, 3.8) is 0 Å². The van der Waals surface area contributed by atoms with Gasteiger partial charge in [0.05, 0.1) is 22.2 Å².